The van der Waals surface area contributed by atoms with Gasteiger partial charge in [0.25, 0.3) is 5.91 Å². The number of hydrogen-bond donors (Lipinski definition) is 2. The monoisotopic (exact) mass is 453 g/mol. The molecule has 0 aliphatic carbocycles. The number of halogens is 3. The first-order valence-electron chi connectivity index (χ1n) is 9.80. The predicted octanol–water partition coefficient (Wildman–Crippen LogP) is 3.38. The quantitative estimate of drug-likeness (QED) is 0.482. The van der Waals surface area contributed by atoms with E-state index in [1.54, 1.807) is 13.8 Å². The van der Waals surface area contributed by atoms with Gasteiger partial charge in [0.15, 0.2) is 11.6 Å². The van der Waals surface area contributed by atoms with Gasteiger partial charge in [-0.1, -0.05) is 12.1 Å². The second-order valence-electron chi connectivity index (χ2n) is 7.52. The van der Waals surface area contributed by atoms with E-state index in [1.807, 2.05) is 0 Å². The number of aromatic nitrogens is 3. The molecular weight excluding hydrogens is 435 g/mol. The first-order chi connectivity index (χ1) is 15.6. The maximum Gasteiger partial charge on any atom is 0.267 e. The average molecular weight is 453 g/mol. The fourth-order valence-electron chi connectivity index (χ4n) is 3.96. The zero-order chi connectivity index (χ0) is 24.0. The van der Waals surface area contributed by atoms with Crippen LogP contribution >= 0.6 is 0 Å². The fraction of sp³-hybridized carbons (Fsp3) is 0.130. The Hall–Kier alpha value is -4.21. The molecule has 0 aliphatic heterocycles. The Morgan fingerprint density at radius 1 is 0.939 bits per heavy atom. The molecule has 0 saturated carbocycles. The second kappa shape index (κ2) is 8.05. The van der Waals surface area contributed by atoms with Crippen LogP contribution in [-0.2, 0) is 6.54 Å². The van der Waals surface area contributed by atoms with Crippen molar-refractivity contribution in [1.29, 1.82) is 0 Å². The molecule has 4 aromatic rings. The summed E-state index contributed by atoms with van der Waals surface area (Å²) in [5.74, 6) is -4.64. The molecule has 2 aromatic heterocycles. The molecule has 0 saturated heterocycles. The lowest BCUT2D eigenvalue weighted by molar-refractivity contribution is 0.0996. The first kappa shape index (κ1) is 22.0. The average Bonchev–Trinajstić information content (AvgIpc) is 3.02. The van der Waals surface area contributed by atoms with Crippen molar-refractivity contribution in [2.24, 2.45) is 11.5 Å². The van der Waals surface area contributed by atoms with Crippen LogP contribution in [0.3, 0.4) is 0 Å². The van der Waals surface area contributed by atoms with Crippen molar-refractivity contribution in [2.45, 2.75) is 20.4 Å². The Labute approximate surface area is 185 Å². The van der Waals surface area contributed by atoms with Crippen molar-refractivity contribution in [3.05, 3.63) is 82.1 Å². The van der Waals surface area contributed by atoms with Crippen LogP contribution in [0.25, 0.3) is 22.0 Å². The predicted molar refractivity (Wildman–Crippen MR) is 115 cm³/mol. The van der Waals surface area contributed by atoms with Gasteiger partial charge in [-0.15, -0.1) is 0 Å². The lowest BCUT2D eigenvalue weighted by Gasteiger charge is -2.15. The van der Waals surface area contributed by atoms with Gasteiger partial charge in [0, 0.05) is 22.2 Å². The van der Waals surface area contributed by atoms with Gasteiger partial charge in [-0.3, -0.25) is 14.3 Å². The molecule has 0 aliphatic rings. The van der Waals surface area contributed by atoms with Crippen molar-refractivity contribution < 1.29 is 22.8 Å². The standard InChI is InChI=1S/C23H18F3N5O2/c1-10-17(11(2)31(30-10)9-12-6-7-13(24)15(26)8-12)19-20(22(27)32)18-14(25)4-3-5-16(18)29-21(19)23(28)33/h3-8H,9H2,1-2H3,(H2,27,32)(H2,28,33). The number of rotatable bonds is 5. The molecule has 0 fully saturated rings. The highest BCUT2D eigenvalue weighted by Gasteiger charge is 2.28. The van der Waals surface area contributed by atoms with E-state index in [9.17, 15) is 22.8 Å². The lowest BCUT2D eigenvalue weighted by atomic mass is 9.92. The van der Waals surface area contributed by atoms with E-state index >= 15 is 0 Å². The van der Waals surface area contributed by atoms with E-state index in [0.29, 0.717) is 22.5 Å². The molecule has 10 heteroatoms. The number of nitrogens with zero attached hydrogens (tertiary/aromatic N) is 3. The zero-order valence-corrected chi connectivity index (χ0v) is 17.6. The number of primary amides is 2. The normalized spacial score (nSPS) is 11.2. The summed E-state index contributed by atoms with van der Waals surface area (Å²) in [5, 5.41) is 4.27. The van der Waals surface area contributed by atoms with E-state index in [2.05, 4.69) is 10.1 Å². The molecule has 0 radical (unpaired) electrons. The Morgan fingerprint density at radius 3 is 2.30 bits per heavy atom. The summed E-state index contributed by atoms with van der Waals surface area (Å²) in [6, 6.07) is 7.43. The first-order valence-corrected chi connectivity index (χ1v) is 9.80. The minimum atomic E-state index is -1.00. The summed E-state index contributed by atoms with van der Waals surface area (Å²) >= 11 is 0. The highest BCUT2D eigenvalue weighted by molar-refractivity contribution is 6.15. The highest BCUT2D eigenvalue weighted by atomic mass is 19.2. The van der Waals surface area contributed by atoms with Crippen LogP contribution in [0.4, 0.5) is 13.2 Å². The molecule has 7 nitrogen and oxygen atoms in total. The van der Waals surface area contributed by atoms with Crippen molar-refractivity contribution in [1.82, 2.24) is 14.8 Å². The van der Waals surface area contributed by atoms with Gasteiger partial charge in [0.2, 0.25) is 5.91 Å². The number of benzene rings is 2. The van der Waals surface area contributed by atoms with Crippen LogP contribution in [0.2, 0.25) is 0 Å². The van der Waals surface area contributed by atoms with E-state index in [1.165, 1.54) is 22.9 Å². The van der Waals surface area contributed by atoms with Crippen molar-refractivity contribution in [3.8, 4) is 11.1 Å². The van der Waals surface area contributed by atoms with Crippen molar-refractivity contribution >= 4 is 22.7 Å². The number of fused-ring (bicyclic) bond motifs is 1. The molecule has 168 valence electrons. The maximum atomic E-state index is 14.7. The molecule has 0 unspecified atom stereocenters. The SMILES string of the molecule is Cc1nn(Cc2ccc(F)c(F)c2)c(C)c1-c1c(C(N)=O)nc2cccc(F)c2c1C(N)=O. The number of aryl methyl sites for hydroxylation is 1. The van der Waals surface area contributed by atoms with Gasteiger partial charge < -0.3 is 11.5 Å². The van der Waals surface area contributed by atoms with Crippen molar-refractivity contribution in [3.63, 3.8) is 0 Å². The summed E-state index contributed by atoms with van der Waals surface area (Å²) in [6.45, 7) is 3.33. The third-order valence-corrected chi connectivity index (χ3v) is 5.39. The van der Waals surface area contributed by atoms with Crippen LogP contribution in [0.15, 0.2) is 36.4 Å². The van der Waals surface area contributed by atoms with Gasteiger partial charge >= 0.3 is 0 Å². The van der Waals surface area contributed by atoms with E-state index in [0.717, 1.165) is 18.2 Å². The van der Waals surface area contributed by atoms with E-state index < -0.39 is 29.3 Å². The molecule has 0 atom stereocenters. The van der Waals surface area contributed by atoms with Gasteiger partial charge in [-0.2, -0.15) is 5.10 Å². The highest BCUT2D eigenvalue weighted by Crippen LogP contribution is 2.37. The summed E-state index contributed by atoms with van der Waals surface area (Å²) in [5.41, 5.74) is 12.3. The molecule has 0 spiro atoms. The van der Waals surface area contributed by atoms with Crippen molar-refractivity contribution in [2.75, 3.05) is 0 Å². The van der Waals surface area contributed by atoms with Crippen LogP contribution in [-0.4, -0.2) is 26.6 Å². The smallest absolute Gasteiger partial charge is 0.267 e. The molecule has 4 rings (SSSR count). The Morgan fingerprint density at radius 2 is 1.67 bits per heavy atom. The maximum absolute atomic E-state index is 14.7. The van der Waals surface area contributed by atoms with Gasteiger partial charge in [0.1, 0.15) is 11.5 Å². The molecule has 4 N–H and O–H groups in total. The molecule has 2 heterocycles. The van der Waals surface area contributed by atoms with E-state index in [-0.39, 0.29) is 34.3 Å². The number of nitrogens with two attached hydrogens (primary N) is 2. The molecule has 2 amide bonds. The van der Waals surface area contributed by atoms with Crippen LogP contribution in [0.1, 0.15) is 37.8 Å². The summed E-state index contributed by atoms with van der Waals surface area (Å²) < 4.78 is 43.2. The third kappa shape index (κ3) is 3.69. The Balaban J connectivity index is 2.01. The lowest BCUT2D eigenvalue weighted by Crippen LogP contribution is -2.21. The number of hydrogen-bond acceptors (Lipinski definition) is 4. The number of pyridine rings is 1. The molecular formula is C23H18F3N5O2. The topological polar surface area (TPSA) is 117 Å². The largest absolute Gasteiger partial charge is 0.366 e. The fourth-order valence-corrected chi connectivity index (χ4v) is 3.96. The summed E-state index contributed by atoms with van der Waals surface area (Å²) in [6.07, 6.45) is 0. The Kier molecular flexibility index (Phi) is 5.36. The summed E-state index contributed by atoms with van der Waals surface area (Å²) in [7, 11) is 0. The van der Waals surface area contributed by atoms with Gasteiger partial charge in [0.05, 0.1) is 23.3 Å². The second-order valence-corrected chi connectivity index (χ2v) is 7.52. The van der Waals surface area contributed by atoms with Crippen LogP contribution < -0.4 is 11.5 Å². The molecule has 33 heavy (non-hydrogen) atoms. The minimum absolute atomic E-state index is 0.0286. The van der Waals surface area contributed by atoms with Gasteiger partial charge in [-0.05, 0) is 43.7 Å². The number of carbonyl (C=O) groups is 2. The molecule has 2 aromatic carbocycles. The number of carbonyl (C=O) groups excluding carboxylic acids is 2. The zero-order valence-electron chi connectivity index (χ0n) is 17.6. The van der Waals surface area contributed by atoms with Gasteiger partial charge in [-0.25, -0.2) is 18.2 Å². The third-order valence-electron chi connectivity index (χ3n) is 5.39. The molecule has 0 bridgehead atoms. The number of amides is 2. The van der Waals surface area contributed by atoms with E-state index in [4.69, 9.17) is 11.5 Å². The summed E-state index contributed by atoms with van der Waals surface area (Å²) in [4.78, 5) is 29.0. The van der Waals surface area contributed by atoms with Crippen LogP contribution in [0.5, 0.6) is 0 Å². The van der Waals surface area contributed by atoms with Crippen LogP contribution in [0, 0.1) is 31.3 Å². The minimum Gasteiger partial charge on any atom is -0.366 e. The Bertz CT molecular complexity index is 1460.